The van der Waals surface area contributed by atoms with Gasteiger partial charge in [0.15, 0.2) is 17.3 Å². The third-order valence-electron chi connectivity index (χ3n) is 4.25. The van der Waals surface area contributed by atoms with Gasteiger partial charge in [-0.25, -0.2) is 0 Å². The number of ether oxygens (including phenoxy) is 2. The molecular formula is C22H26N4O2S. The highest BCUT2D eigenvalue weighted by atomic mass is 32.1. The van der Waals surface area contributed by atoms with Gasteiger partial charge in [-0.1, -0.05) is 37.3 Å². The summed E-state index contributed by atoms with van der Waals surface area (Å²) in [6.07, 6.45) is 4.30. The van der Waals surface area contributed by atoms with Crippen LogP contribution in [0.25, 0.3) is 0 Å². The average molecular weight is 411 g/mol. The Hall–Kier alpha value is -2.93. The molecule has 0 saturated carbocycles. The molecule has 1 aromatic heterocycles. The highest BCUT2D eigenvalue weighted by molar-refractivity contribution is 7.71. The lowest BCUT2D eigenvalue weighted by Crippen LogP contribution is -2.02. The van der Waals surface area contributed by atoms with E-state index in [1.54, 1.807) is 10.9 Å². The van der Waals surface area contributed by atoms with E-state index in [2.05, 4.69) is 34.4 Å². The molecule has 0 atom stereocenters. The molecule has 0 unspecified atom stereocenters. The zero-order valence-electron chi connectivity index (χ0n) is 16.8. The zero-order chi connectivity index (χ0) is 20.5. The van der Waals surface area contributed by atoms with Crippen molar-refractivity contribution in [3.8, 4) is 11.5 Å². The van der Waals surface area contributed by atoms with Crippen LogP contribution < -0.4 is 9.47 Å². The maximum Gasteiger partial charge on any atom is 0.216 e. The Morgan fingerprint density at radius 3 is 2.66 bits per heavy atom. The molecule has 3 aromatic rings. The van der Waals surface area contributed by atoms with E-state index in [-0.39, 0.29) is 0 Å². The molecule has 0 aliphatic heterocycles. The van der Waals surface area contributed by atoms with E-state index in [4.69, 9.17) is 21.7 Å². The van der Waals surface area contributed by atoms with E-state index >= 15 is 0 Å². The maximum atomic E-state index is 5.75. The third-order valence-corrected chi connectivity index (χ3v) is 4.51. The molecule has 29 heavy (non-hydrogen) atoms. The Morgan fingerprint density at radius 1 is 1.07 bits per heavy atom. The lowest BCUT2D eigenvalue weighted by Gasteiger charge is -2.11. The van der Waals surface area contributed by atoms with Crippen LogP contribution in [0.3, 0.4) is 0 Å². The van der Waals surface area contributed by atoms with Gasteiger partial charge in [0.25, 0.3) is 0 Å². The predicted molar refractivity (Wildman–Crippen MR) is 118 cm³/mol. The Bertz CT molecular complexity index is 996. The third kappa shape index (κ3) is 5.77. The molecule has 2 aromatic carbocycles. The van der Waals surface area contributed by atoms with Gasteiger partial charge in [-0.2, -0.15) is 14.9 Å². The van der Waals surface area contributed by atoms with E-state index < -0.39 is 0 Å². The number of H-pyrrole nitrogens is 1. The van der Waals surface area contributed by atoms with Gasteiger partial charge < -0.3 is 9.47 Å². The zero-order valence-corrected chi connectivity index (χ0v) is 17.6. The lowest BCUT2D eigenvalue weighted by atomic mass is 10.1. The number of aromatic nitrogens is 3. The van der Waals surface area contributed by atoms with Crippen molar-refractivity contribution in [2.45, 2.75) is 33.1 Å². The quantitative estimate of drug-likeness (QED) is 0.385. The summed E-state index contributed by atoms with van der Waals surface area (Å²) in [7, 11) is 0. The van der Waals surface area contributed by atoms with Gasteiger partial charge in [-0.3, -0.25) is 5.10 Å². The molecule has 6 nitrogen and oxygen atoms in total. The average Bonchev–Trinajstić information content (AvgIpc) is 3.10. The first-order valence-electron chi connectivity index (χ1n) is 9.85. The van der Waals surface area contributed by atoms with Crippen molar-refractivity contribution < 1.29 is 9.47 Å². The molecule has 0 amide bonds. The van der Waals surface area contributed by atoms with Gasteiger partial charge in [0.05, 0.1) is 19.4 Å². The van der Waals surface area contributed by atoms with Crippen LogP contribution in [0.1, 0.15) is 37.2 Å². The van der Waals surface area contributed by atoms with Crippen LogP contribution in [0.2, 0.25) is 0 Å². The molecule has 1 heterocycles. The monoisotopic (exact) mass is 410 g/mol. The molecule has 0 bridgehead atoms. The molecule has 152 valence electrons. The predicted octanol–water partition coefficient (Wildman–Crippen LogP) is 4.80. The van der Waals surface area contributed by atoms with Gasteiger partial charge in [0.2, 0.25) is 4.77 Å². The number of hydrogen-bond donors (Lipinski definition) is 1. The summed E-state index contributed by atoms with van der Waals surface area (Å²) in [6, 6.07) is 16.1. The largest absolute Gasteiger partial charge is 0.490 e. The van der Waals surface area contributed by atoms with E-state index in [0.717, 1.165) is 36.4 Å². The van der Waals surface area contributed by atoms with Gasteiger partial charge in [-0.15, -0.1) is 0 Å². The van der Waals surface area contributed by atoms with Gasteiger partial charge in [0, 0.05) is 6.42 Å². The van der Waals surface area contributed by atoms with E-state index in [0.29, 0.717) is 23.7 Å². The van der Waals surface area contributed by atoms with Crippen molar-refractivity contribution in [3.05, 3.63) is 70.3 Å². The van der Waals surface area contributed by atoms with E-state index in [9.17, 15) is 0 Å². The highest BCUT2D eigenvalue weighted by Crippen LogP contribution is 2.28. The Labute approximate surface area is 176 Å². The minimum Gasteiger partial charge on any atom is -0.490 e. The van der Waals surface area contributed by atoms with Crippen LogP contribution in [0.5, 0.6) is 11.5 Å². The van der Waals surface area contributed by atoms with Gasteiger partial charge in [0.1, 0.15) is 0 Å². The lowest BCUT2D eigenvalue weighted by molar-refractivity contribution is 0.277. The van der Waals surface area contributed by atoms with Crippen LogP contribution in [-0.2, 0) is 12.8 Å². The fourth-order valence-corrected chi connectivity index (χ4v) is 3.03. The van der Waals surface area contributed by atoms with E-state index in [1.807, 2.05) is 43.3 Å². The standard InChI is InChI=1S/C22H26N4O2S/c1-3-14-28-19-12-10-18(15-20(19)27-4-2)16-23-26-21(24-25-22(26)29)13-11-17-8-6-5-7-9-17/h5-10,12,15-16H,3-4,11,13-14H2,1-2H3,(H,25,29)/b23-16-. The second-order valence-corrected chi connectivity index (χ2v) is 6.86. The van der Waals surface area contributed by atoms with Crippen molar-refractivity contribution in [2.24, 2.45) is 5.10 Å². The minimum atomic E-state index is 0.470. The number of nitrogens with zero attached hydrogens (tertiary/aromatic N) is 3. The molecule has 0 saturated heterocycles. The fourth-order valence-electron chi connectivity index (χ4n) is 2.83. The molecule has 0 fully saturated rings. The number of nitrogens with one attached hydrogen (secondary N) is 1. The van der Waals surface area contributed by atoms with Crippen molar-refractivity contribution in [1.82, 2.24) is 14.9 Å². The number of aromatic amines is 1. The number of benzene rings is 2. The van der Waals surface area contributed by atoms with Gasteiger partial charge in [-0.05, 0) is 61.3 Å². The Kier molecular flexibility index (Phi) is 7.58. The van der Waals surface area contributed by atoms with Crippen molar-refractivity contribution in [2.75, 3.05) is 13.2 Å². The second-order valence-electron chi connectivity index (χ2n) is 6.47. The van der Waals surface area contributed by atoms with Gasteiger partial charge >= 0.3 is 0 Å². The maximum absolute atomic E-state index is 5.75. The summed E-state index contributed by atoms with van der Waals surface area (Å²) in [5, 5.41) is 11.7. The van der Waals surface area contributed by atoms with E-state index in [1.165, 1.54) is 5.56 Å². The first-order chi connectivity index (χ1) is 14.2. The molecular weight excluding hydrogens is 384 g/mol. The topological polar surface area (TPSA) is 64.4 Å². The summed E-state index contributed by atoms with van der Waals surface area (Å²) in [4.78, 5) is 0. The van der Waals surface area contributed by atoms with Crippen LogP contribution >= 0.6 is 12.2 Å². The van der Waals surface area contributed by atoms with Crippen molar-refractivity contribution >= 4 is 18.4 Å². The summed E-state index contributed by atoms with van der Waals surface area (Å²) < 4.78 is 13.6. The first kappa shape index (κ1) is 20.8. The van der Waals surface area contributed by atoms with Crippen LogP contribution in [0.15, 0.2) is 53.6 Å². The highest BCUT2D eigenvalue weighted by Gasteiger charge is 2.08. The second kappa shape index (κ2) is 10.6. The molecule has 0 aliphatic carbocycles. The number of hydrogen-bond acceptors (Lipinski definition) is 5. The summed E-state index contributed by atoms with van der Waals surface area (Å²) in [5.41, 5.74) is 2.15. The molecule has 0 aliphatic rings. The molecule has 1 N–H and O–H groups in total. The smallest absolute Gasteiger partial charge is 0.216 e. The van der Waals surface area contributed by atoms with Crippen molar-refractivity contribution in [3.63, 3.8) is 0 Å². The summed E-state index contributed by atoms with van der Waals surface area (Å²) >= 11 is 5.34. The number of aryl methyl sites for hydroxylation is 2. The first-order valence-corrected chi connectivity index (χ1v) is 10.3. The van der Waals surface area contributed by atoms with Crippen LogP contribution in [-0.4, -0.2) is 34.3 Å². The van der Waals surface area contributed by atoms with Crippen LogP contribution in [0, 0.1) is 4.77 Å². The Balaban J connectivity index is 1.76. The molecule has 0 spiro atoms. The Morgan fingerprint density at radius 2 is 1.90 bits per heavy atom. The molecule has 7 heteroatoms. The SMILES string of the molecule is CCCOc1ccc(/C=N\n2c(CCc3ccccc3)n[nH]c2=S)cc1OCC. The summed E-state index contributed by atoms with van der Waals surface area (Å²) in [5.74, 6) is 2.25. The minimum absolute atomic E-state index is 0.470. The normalized spacial score (nSPS) is 11.1. The molecule has 3 rings (SSSR count). The number of rotatable bonds is 10. The van der Waals surface area contributed by atoms with Crippen LogP contribution in [0.4, 0.5) is 0 Å². The summed E-state index contributed by atoms with van der Waals surface area (Å²) in [6.45, 7) is 5.25. The fraction of sp³-hybridized carbons (Fsp3) is 0.318. The molecule has 0 radical (unpaired) electrons. The van der Waals surface area contributed by atoms with Crippen molar-refractivity contribution in [1.29, 1.82) is 0 Å².